The number of ether oxygens (including phenoxy) is 3. The summed E-state index contributed by atoms with van der Waals surface area (Å²) >= 11 is 0. The number of amides is 1. The molecule has 3 rings (SSSR count). The number of hydrogen-bond acceptors (Lipinski definition) is 9. The molecule has 1 aromatic carbocycles. The molecule has 2 heterocycles. The van der Waals surface area contributed by atoms with Gasteiger partial charge in [0.1, 0.15) is 11.4 Å². The van der Waals surface area contributed by atoms with Gasteiger partial charge in [-0.05, 0) is 51.8 Å². The molecule has 0 saturated heterocycles. The van der Waals surface area contributed by atoms with Crippen LogP contribution >= 0.6 is 0 Å². The van der Waals surface area contributed by atoms with Crippen LogP contribution in [0.3, 0.4) is 0 Å². The van der Waals surface area contributed by atoms with Crippen LogP contribution in [0, 0.1) is 12.8 Å². The quantitative estimate of drug-likeness (QED) is 0.428. The Morgan fingerprint density at radius 2 is 1.95 bits per heavy atom. The number of aliphatic hydroxyl groups excluding tert-OH is 1. The van der Waals surface area contributed by atoms with E-state index in [1.54, 1.807) is 46.9 Å². The first kappa shape index (κ1) is 28.6. The van der Waals surface area contributed by atoms with Crippen molar-refractivity contribution in [3.05, 3.63) is 35.0 Å². The summed E-state index contributed by atoms with van der Waals surface area (Å²) < 4.78 is 17.9. The lowest BCUT2D eigenvalue weighted by molar-refractivity contribution is 0.0595. The highest BCUT2D eigenvalue weighted by molar-refractivity contribution is 6.02. The molecule has 0 radical (unpaired) electrons. The summed E-state index contributed by atoms with van der Waals surface area (Å²) in [4.78, 5) is 28.5. The first-order valence-corrected chi connectivity index (χ1v) is 12.4. The molecular formula is C26H39N5O6. The van der Waals surface area contributed by atoms with Gasteiger partial charge in [-0.2, -0.15) is 9.78 Å². The summed E-state index contributed by atoms with van der Waals surface area (Å²) in [5.74, 6) is 0.340. The van der Waals surface area contributed by atoms with Gasteiger partial charge in [-0.25, -0.2) is 9.69 Å². The lowest BCUT2D eigenvalue weighted by Crippen LogP contribution is -2.44. The van der Waals surface area contributed by atoms with E-state index in [0.717, 1.165) is 5.56 Å². The molecule has 11 nitrogen and oxygen atoms in total. The van der Waals surface area contributed by atoms with Crippen molar-refractivity contribution in [2.45, 2.75) is 59.2 Å². The topological polar surface area (TPSA) is 141 Å². The van der Waals surface area contributed by atoms with Crippen LogP contribution in [0.2, 0.25) is 0 Å². The fourth-order valence-electron chi connectivity index (χ4n) is 4.17. The number of methoxy groups -OCH3 is 1. The van der Waals surface area contributed by atoms with Gasteiger partial charge in [-0.1, -0.05) is 13.8 Å². The number of hydrogen-bond donors (Lipinski definition) is 3. The molecule has 2 aromatic rings. The second kappa shape index (κ2) is 11.6. The van der Waals surface area contributed by atoms with Crippen molar-refractivity contribution in [1.29, 1.82) is 0 Å². The monoisotopic (exact) mass is 517 g/mol. The molecule has 1 unspecified atom stereocenters. The molecule has 0 spiro atoms. The Morgan fingerprint density at radius 1 is 1.24 bits per heavy atom. The average molecular weight is 518 g/mol. The van der Waals surface area contributed by atoms with Gasteiger partial charge in [0.05, 0.1) is 50.4 Å². The molecule has 0 aliphatic carbocycles. The zero-order valence-corrected chi connectivity index (χ0v) is 22.7. The second-order valence-electron chi connectivity index (χ2n) is 10.3. The minimum atomic E-state index is -0.820. The van der Waals surface area contributed by atoms with Crippen LogP contribution in [0.15, 0.2) is 18.2 Å². The molecule has 1 amide bonds. The molecule has 0 bridgehead atoms. The number of aromatic nitrogens is 2. The van der Waals surface area contributed by atoms with Crippen molar-refractivity contribution in [3.63, 3.8) is 0 Å². The molecule has 1 aliphatic heterocycles. The molecule has 4 N–H and O–H groups in total. The van der Waals surface area contributed by atoms with Gasteiger partial charge >= 0.3 is 6.09 Å². The highest BCUT2D eigenvalue weighted by Crippen LogP contribution is 2.47. The maximum absolute atomic E-state index is 13.6. The average Bonchev–Trinajstić information content (AvgIpc) is 3.17. The van der Waals surface area contributed by atoms with Crippen LogP contribution in [0.4, 0.5) is 16.3 Å². The molecule has 2 atom stereocenters. The van der Waals surface area contributed by atoms with Crippen LogP contribution in [0.25, 0.3) is 0 Å². The summed E-state index contributed by atoms with van der Waals surface area (Å²) in [6, 6.07) is 4.10. The Balaban J connectivity index is 2.22. The maximum Gasteiger partial charge on any atom is 0.420 e. The highest BCUT2D eigenvalue weighted by atomic mass is 16.6. The normalized spacial score (nSPS) is 15.8. The predicted octanol–water partition coefficient (Wildman–Crippen LogP) is 2.90. The number of carbonyl (C=O) groups excluding carboxylic acids is 2. The number of nitrogens with one attached hydrogen (secondary N) is 1. The third kappa shape index (κ3) is 6.12. The fraction of sp³-hybridized carbons (Fsp3) is 0.577. The Morgan fingerprint density at radius 3 is 2.54 bits per heavy atom. The van der Waals surface area contributed by atoms with Crippen LogP contribution in [-0.2, 0) is 9.47 Å². The number of carbonyl (C=O) groups is 2. The first-order valence-electron chi connectivity index (χ1n) is 12.4. The predicted molar refractivity (Wildman–Crippen MR) is 140 cm³/mol. The molecular weight excluding hydrogens is 478 g/mol. The number of fused-ring (bicyclic) bond motifs is 2. The number of benzene rings is 1. The number of nitrogens with two attached hydrogens (primary N) is 1. The smallest absolute Gasteiger partial charge is 0.420 e. The van der Waals surface area contributed by atoms with Crippen molar-refractivity contribution < 1.29 is 28.9 Å². The Bertz CT molecular complexity index is 1120. The summed E-state index contributed by atoms with van der Waals surface area (Å²) in [7, 11) is 1.57. The zero-order valence-electron chi connectivity index (χ0n) is 22.7. The van der Waals surface area contributed by atoms with Crippen LogP contribution in [-0.4, -0.2) is 72.0 Å². The van der Waals surface area contributed by atoms with Gasteiger partial charge in [0.2, 0.25) is 0 Å². The van der Waals surface area contributed by atoms with E-state index in [1.165, 1.54) is 9.58 Å². The third-order valence-corrected chi connectivity index (χ3v) is 5.99. The van der Waals surface area contributed by atoms with E-state index in [0.29, 0.717) is 41.7 Å². The van der Waals surface area contributed by atoms with E-state index < -0.39 is 29.7 Å². The highest BCUT2D eigenvalue weighted by Gasteiger charge is 2.42. The van der Waals surface area contributed by atoms with Crippen molar-refractivity contribution in [2.24, 2.45) is 11.7 Å². The summed E-state index contributed by atoms with van der Waals surface area (Å²) in [5.41, 5.74) is 7.96. The van der Waals surface area contributed by atoms with Crippen molar-refractivity contribution >= 4 is 23.5 Å². The fourth-order valence-corrected chi connectivity index (χ4v) is 4.17. The van der Waals surface area contributed by atoms with E-state index in [1.807, 2.05) is 19.9 Å². The van der Waals surface area contributed by atoms with Crippen molar-refractivity contribution in [3.8, 4) is 5.75 Å². The Hall–Kier alpha value is -2.99. The number of nitrogens with zero attached hydrogens (tertiary/aromatic N) is 3. The maximum atomic E-state index is 13.6. The largest absolute Gasteiger partial charge is 0.497 e. The van der Waals surface area contributed by atoms with Gasteiger partial charge in [-0.3, -0.25) is 4.79 Å². The lowest BCUT2D eigenvalue weighted by Gasteiger charge is -2.36. The van der Waals surface area contributed by atoms with Crippen LogP contribution in [0.5, 0.6) is 5.75 Å². The van der Waals surface area contributed by atoms with Gasteiger partial charge in [0.15, 0.2) is 5.82 Å². The Kier molecular flexibility index (Phi) is 8.96. The molecule has 1 aromatic heterocycles. The zero-order chi connectivity index (χ0) is 27.5. The van der Waals surface area contributed by atoms with E-state index >= 15 is 0 Å². The van der Waals surface area contributed by atoms with E-state index in [9.17, 15) is 9.59 Å². The number of aryl methyl sites for hydroxylation is 1. The third-order valence-electron chi connectivity index (χ3n) is 5.99. The SMILES string of the molecule is COc1ccc2c(c1)C(NCCOCCO)c1c(C)nn(C(=O)[C@@H](N)C(C)C)c1N2C(=O)OC(C)(C)C. The summed E-state index contributed by atoms with van der Waals surface area (Å²) in [5, 5.41) is 17.0. The van der Waals surface area contributed by atoms with E-state index in [-0.39, 0.29) is 19.1 Å². The molecule has 37 heavy (non-hydrogen) atoms. The minimum absolute atomic E-state index is 0.0669. The molecule has 11 heteroatoms. The van der Waals surface area contributed by atoms with E-state index in [4.69, 9.17) is 25.1 Å². The van der Waals surface area contributed by atoms with Crippen LogP contribution < -0.4 is 20.7 Å². The van der Waals surface area contributed by atoms with E-state index in [2.05, 4.69) is 10.4 Å². The number of rotatable bonds is 9. The van der Waals surface area contributed by atoms with Gasteiger partial charge in [0.25, 0.3) is 5.91 Å². The van der Waals surface area contributed by atoms with Gasteiger partial charge in [-0.15, -0.1) is 0 Å². The van der Waals surface area contributed by atoms with Gasteiger partial charge < -0.3 is 30.4 Å². The lowest BCUT2D eigenvalue weighted by atomic mass is 9.92. The number of aliphatic hydroxyl groups is 1. The number of anilines is 2. The standard InChI is InChI=1S/C26H39N5O6/c1-15(2)21(27)24(33)31-23-20(16(3)29-31)22(28-10-12-36-13-11-32)18-14-17(35-7)8-9-19(18)30(23)25(34)37-26(4,5)6/h8-9,14-15,21-22,28,32H,10-13,27H2,1-7H3/t21-,22?/m0/s1. The summed E-state index contributed by atoms with van der Waals surface area (Å²) in [6.07, 6.45) is -0.642. The van der Waals surface area contributed by atoms with Gasteiger partial charge in [0, 0.05) is 17.7 Å². The molecule has 1 aliphatic rings. The van der Waals surface area contributed by atoms with Crippen LogP contribution in [0.1, 0.15) is 62.3 Å². The first-order chi connectivity index (χ1) is 17.4. The second-order valence-corrected chi connectivity index (χ2v) is 10.3. The molecule has 204 valence electrons. The van der Waals surface area contributed by atoms with Crippen molar-refractivity contribution in [1.82, 2.24) is 15.1 Å². The molecule has 0 fully saturated rings. The van der Waals surface area contributed by atoms with Crippen molar-refractivity contribution in [2.75, 3.05) is 38.4 Å². The summed E-state index contributed by atoms with van der Waals surface area (Å²) in [6.45, 7) is 11.8. The minimum Gasteiger partial charge on any atom is -0.497 e. The Labute approximate surface area is 217 Å². The molecule has 0 saturated carbocycles.